The van der Waals surface area contributed by atoms with Crippen LogP contribution in [0.25, 0.3) is 0 Å². The first-order chi connectivity index (χ1) is 13.4. The first kappa shape index (κ1) is 21.5. The maximum atomic E-state index is 12.1. The van der Waals surface area contributed by atoms with E-state index in [9.17, 15) is 13.2 Å². The van der Waals surface area contributed by atoms with Crippen molar-refractivity contribution in [3.05, 3.63) is 42.5 Å². The van der Waals surface area contributed by atoms with Crippen LogP contribution >= 0.6 is 0 Å². The highest BCUT2D eigenvalue weighted by atomic mass is 32.2. The fourth-order valence-electron chi connectivity index (χ4n) is 2.27. The molecule has 2 aromatic rings. The second-order valence-corrected chi connectivity index (χ2v) is 7.54. The fraction of sp³-hybridized carbons (Fsp3) is 0.316. The Morgan fingerprint density at radius 1 is 1.00 bits per heavy atom. The number of amides is 1. The Balaban J connectivity index is 1.94. The van der Waals surface area contributed by atoms with E-state index in [0.717, 1.165) is 0 Å². The zero-order chi connectivity index (χ0) is 20.6. The van der Waals surface area contributed by atoms with Crippen molar-refractivity contribution in [2.45, 2.75) is 18.2 Å². The Morgan fingerprint density at radius 3 is 2.29 bits per heavy atom. The highest BCUT2D eigenvalue weighted by Crippen LogP contribution is 2.29. The van der Waals surface area contributed by atoms with Gasteiger partial charge in [-0.25, -0.2) is 13.1 Å². The Kier molecular flexibility index (Phi) is 7.65. The summed E-state index contributed by atoms with van der Waals surface area (Å²) in [5, 5.41) is 2.69. The van der Waals surface area contributed by atoms with Crippen LogP contribution in [0.3, 0.4) is 0 Å². The van der Waals surface area contributed by atoms with E-state index in [-0.39, 0.29) is 17.4 Å². The molecule has 2 aromatic carbocycles. The van der Waals surface area contributed by atoms with Gasteiger partial charge in [0.25, 0.3) is 5.91 Å². The summed E-state index contributed by atoms with van der Waals surface area (Å²) in [5.74, 6) is 1.06. The number of rotatable bonds is 10. The van der Waals surface area contributed by atoms with Gasteiger partial charge in [0.1, 0.15) is 17.2 Å². The number of hydrogen-bond acceptors (Lipinski definition) is 6. The topological polar surface area (TPSA) is 103 Å². The van der Waals surface area contributed by atoms with Crippen LogP contribution in [-0.2, 0) is 14.8 Å². The summed E-state index contributed by atoms with van der Waals surface area (Å²) < 4.78 is 42.3. The molecule has 0 heterocycles. The van der Waals surface area contributed by atoms with Gasteiger partial charge in [-0.15, -0.1) is 0 Å². The molecule has 152 valence electrons. The van der Waals surface area contributed by atoms with E-state index in [0.29, 0.717) is 35.9 Å². The SMILES string of the molecule is CCCNS(=O)(=O)c1ccc(OCC(=O)Nc2ccc(OC)cc2OC)cc1. The Morgan fingerprint density at radius 2 is 1.68 bits per heavy atom. The molecule has 0 bridgehead atoms. The molecule has 28 heavy (non-hydrogen) atoms. The van der Waals surface area contributed by atoms with Gasteiger partial charge in [0.05, 0.1) is 24.8 Å². The van der Waals surface area contributed by atoms with Crippen molar-refractivity contribution in [2.75, 3.05) is 32.7 Å². The van der Waals surface area contributed by atoms with E-state index in [1.165, 1.54) is 38.5 Å². The lowest BCUT2D eigenvalue weighted by molar-refractivity contribution is -0.118. The summed E-state index contributed by atoms with van der Waals surface area (Å²) in [6.07, 6.45) is 0.703. The number of anilines is 1. The van der Waals surface area contributed by atoms with Gasteiger partial charge in [-0.2, -0.15) is 0 Å². The summed E-state index contributed by atoms with van der Waals surface area (Å²) in [6, 6.07) is 10.9. The molecule has 1 amide bonds. The molecule has 0 saturated carbocycles. The second kappa shape index (κ2) is 9.95. The minimum Gasteiger partial charge on any atom is -0.497 e. The normalized spacial score (nSPS) is 11.0. The van der Waals surface area contributed by atoms with Gasteiger partial charge in [-0.05, 0) is 42.8 Å². The van der Waals surface area contributed by atoms with E-state index in [2.05, 4.69) is 10.0 Å². The highest BCUT2D eigenvalue weighted by Gasteiger charge is 2.13. The molecule has 0 unspecified atom stereocenters. The summed E-state index contributed by atoms with van der Waals surface area (Å²) in [6.45, 7) is 2.01. The summed E-state index contributed by atoms with van der Waals surface area (Å²) in [5.41, 5.74) is 0.486. The van der Waals surface area contributed by atoms with Gasteiger partial charge >= 0.3 is 0 Å². The molecule has 0 aliphatic rings. The van der Waals surface area contributed by atoms with Crippen LogP contribution in [0.5, 0.6) is 17.2 Å². The van der Waals surface area contributed by atoms with Crippen LogP contribution in [0.1, 0.15) is 13.3 Å². The molecule has 2 N–H and O–H groups in total. The van der Waals surface area contributed by atoms with Crippen molar-refractivity contribution in [3.8, 4) is 17.2 Å². The summed E-state index contributed by atoms with van der Waals surface area (Å²) >= 11 is 0. The number of sulfonamides is 1. The maximum Gasteiger partial charge on any atom is 0.262 e. The lowest BCUT2D eigenvalue weighted by Crippen LogP contribution is -2.24. The third-order valence-corrected chi connectivity index (χ3v) is 5.21. The minimum atomic E-state index is -3.53. The molecule has 8 nitrogen and oxygen atoms in total. The average Bonchev–Trinajstić information content (AvgIpc) is 2.71. The van der Waals surface area contributed by atoms with Gasteiger partial charge in [0.15, 0.2) is 6.61 Å². The molecular weight excluding hydrogens is 384 g/mol. The van der Waals surface area contributed by atoms with Gasteiger partial charge in [0, 0.05) is 12.6 Å². The van der Waals surface area contributed by atoms with Gasteiger partial charge < -0.3 is 19.5 Å². The Labute approximate surface area is 164 Å². The van der Waals surface area contributed by atoms with E-state index in [4.69, 9.17) is 14.2 Å². The molecule has 0 atom stereocenters. The molecular formula is C19H24N2O6S. The monoisotopic (exact) mass is 408 g/mol. The van der Waals surface area contributed by atoms with E-state index in [1.54, 1.807) is 18.2 Å². The molecule has 0 aliphatic heterocycles. The van der Waals surface area contributed by atoms with Crippen LogP contribution in [0, 0.1) is 0 Å². The molecule has 0 radical (unpaired) electrons. The zero-order valence-electron chi connectivity index (χ0n) is 16.0. The number of benzene rings is 2. The van der Waals surface area contributed by atoms with E-state index in [1.807, 2.05) is 6.92 Å². The van der Waals surface area contributed by atoms with Gasteiger partial charge in [0.2, 0.25) is 10.0 Å². The van der Waals surface area contributed by atoms with Crippen LogP contribution in [0.4, 0.5) is 5.69 Å². The molecule has 0 fully saturated rings. The Bertz CT molecular complexity index is 897. The molecule has 9 heteroatoms. The fourth-order valence-corrected chi connectivity index (χ4v) is 3.41. The van der Waals surface area contributed by atoms with E-state index >= 15 is 0 Å². The minimum absolute atomic E-state index is 0.140. The molecule has 0 spiro atoms. The summed E-state index contributed by atoms with van der Waals surface area (Å²) in [4.78, 5) is 12.3. The van der Waals surface area contributed by atoms with Crippen LogP contribution < -0.4 is 24.2 Å². The lowest BCUT2D eigenvalue weighted by Gasteiger charge is -2.12. The molecule has 2 rings (SSSR count). The van der Waals surface area contributed by atoms with Crippen molar-refractivity contribution in [1.29, 1.82) is 0 Å². The molecule has 0 aliphatic carbocycles. The quantitative estimate of drug-likeness (QED) is 0.626. The number of hydrogen-bond donors (Lipinski definition) is 2. The number of carbonyl (C=O) groups excluding carboxylic acids is 1. The smallest absolute Gasteiger partial charge is 0.262 e. The van der Waals surface area contributed by atoms with Crippen molar-refractivity contribution >= 4 is 21.6 Å². The van der Waals surface area contributed by atoms with Crippen LogP contribution in [0.15, 0.2) is 47.4 Å². The third kappa shape index (κ3) is 5.86. The largest absolute Gasteiger partial charge is 0.497 e. The number of carbonyl (C=O) groups is 1. The maximum absolute atomic E-state index is 12.1. The number of methoxy groups -OCH3 is 2. The van der Waals surface area contributed by atoms with Crippen LogP contribution in [0.2, 0.25) is 0 Å². The van der Waals surface area contributed by atoms with Gasteiger partial charge in [-0.3, -0.25) is 4.79 Å². The number of ether oxygens (including phenoxy) is 3. The van der Waals surface area contributed by atoms with Crippen molar-refractivity contribution < 1.29 is 27.4 Å². The summed E-state index contributed by atoms with van der Waals surface area (Å²) in [7, 11) is -0.503. The van der Waals surface area contributed by atoms with Crippen molar-refractivity contribution in [1.82, 2.24) is 4.72 Å². The Hall–Kier alpha value is -2.78. The highest BCUT2D eigenvalue weighted by molar-refractivity contribution is 7.89. The second-order valence-electron chi connectivity index (χ2n) is 5.77. The number of nitrogens with one attached hydrogen (secondary N) is 2. The predicted molar refractivity (Wildman–Crippen MR) is 106 cm³/mol. The zero-order valence-corrected chi connectivity index (χ0v) is 16.8. The lowest BCUT2D eigenvalue weighted by atomic mass is 10.2. The van der Waals surface area contributed by atoms with E-state index < -0.39 is 10.0 Å². The van der Waals surface area contributed by atoms with Crippen molar-refractivity contribution in [3.63, 3.8) is 0 Å². The van der Waals surface area contributed by atoms with Crippen molar-refractivity contribution in [2.24, 2.45) is 0 Å². The van der Waals surface area contributed by atoms with Gasteiger partial charge in [-0.1, -0.05) is 6.92 Å². The first-order valence-corrected chi connectivity index (χ1v) is 10.1. The van der Waals surface area contributed by atoms with Crippen LogP contribution in [-0.4, -0.2) is 41.7 Å². The standard InChI is InChI=1S/C19H24N2O6S/c1-4-11-20-28(23,24)16-8-5-14(6-9-16)27-13-19(22)21-17-10-7-15(25-2)12-18(17)26-3/h5-10,12,20H,4,11,13H2,1-3H3,(H,21,22). The first-order valence-electron chi connectivity index (χ1n) is 8.64. The third-order valence-electron chi connectivity index (χ3n) is 3.73. The molecule has 0 saturated heterocycles. The molecule has 0 aromatic heterocycles. The average molecular weight is 408 g/mol. The predicted octanol–water partition coefficient (Wildman–Crippen LogP) is 2.41.